The number of allylic oxidation sites excluding steroid dienone is 2. The summed E-state index contributed by atoms with van der Waals surface area (Å²) in [6, 6.07) is 3.96. The smallest absolute Gasteiger partial charge is 0.0981 e. The second-order valence-corrected chi connectivity index (χ2v) is 3.69. The Bertz CT molecular complexity index is 344. The molecule has 0 saturated heterocycles. The second kappa shape index (κ2) is 3.42. The van der Waals surface area contributed by atoms with Gasteiger partial charge in [0.05, 0.1) is 33.3 Å². The minimum Gasteiger partial charge on any atom is -0.392 e. The number of hydrogen-bond donors (Lipinski definition) is 2. The molecule has 1 aliphatic heterocycles. The van der Waals surface area contributed by atoms with Gasteiger partial charge in [0, 0.05) is 5.92 Å². The zero-order valence-electron chi connectivity index (χ0n) is 7.03. The molecule has 0 aliphatic carbocycles. The predicted octanol–water partition coefficient (Wildman–Crippen LogP) is 0.757. The zero-order valence-corrected chi connectivity index (χ0v) is 7.85. The van der Waals surface area contributed by atoms with E-state index in [4.69, 9.17) is 22.0 Å². The molecule has 0 spiro atoms. The highest BCUT2D eigenvalue weighted by atomic mass is 32.2. The Labute approximate surface area is 80.5 Å². The molecule has 0 saturated carbocycles. The van der Waals surface area contributed by atoms with Gasteiger partial charge in [-0.15, -0.1) is 0 Å². The fourth-order valence-corrected chi connectivity index (χ4v) is 2.01. The van der Waals surface area contributed by atoms with Crippen molar-refractivity contribution in [3.05, 3.63) is 21.2 Å². The summed E-state index contributed by atoms with van der Waals surface area (Å²) in [6.07, 6.45) is 0. The summed E-state index contributed by atoms with van der Waals surface area (Å²) in [5.41, 5.74) is 12.0. The monoisotopic (exact) mass is 192 g/mol. The molecular formula is C8H8N4S. The van der Waals surface area contributed by atoms with Gasteiger partial charge in [-0.3, -0.25) is 0 Å². The molecule has 0 radical (unpaired) electrons. The van der Waals surface area contributed by atoms with Crippen LogP contribution in [0.15, 0.2) is 21.2 Å². The molecule has 5 heteroatoms. The Morgan fingerprint density at radius 2 is 1.54 bits per heavy atom. The minimum absolute atomic E-state index is 0.281. The first-order valence-electron chi connectivity index (χ1n) is 3.59. The molecule has 1 aliphatic rings. The lowest BCUT2D eigenvalue weighted by Crippen LogP contribution is -2.17. The average Bonchev–Trinajstić information content (AvgIpc) is 2.04. The van der Waals surface area contributed by atoms with Gasteiger partial charge >= 0.3 is 0 Å². The predicted molar refractivity (Wildman–Crippen MR) is 50.4 cm³/mol. The molecule has 0 atom stereocenters. The van der Waals surface area contributed by atoms with Crippen LogP contribution in [0.1, 0.15) is 6.92 Å². The highest BCUT2D eigenvalue weighted by Crippen LogP contribution is 2.36. The van der Waals surface area contributed by atoms with Gasteiger partial charge < -0.3 is 11.5 Å². The van der Waals surface area contributed by atoms with Gasteiger partial charge in [0.1, 0.15) is 0 Å². The third-order valence-corrected chi connectivity index (χ3v) is 2.74. The molecule has 0 aromatic carbocycles. The van der Waals surface area contributed by atoms with E-state index in [0.29, 0.717) is 21.2 Å². The third kappa shape index (κ3) is 1.47. The van der Waals surface area contributed by atoms with Crippen LogP contribution in [0.25, 0.3) is 0 Å². The van der Waals surface area contributed by atoms with Crippen molar-refractivity contribution in [1.29, 1.82) is 10.5 Å². The molecule has 0 unspecified atom stereocenters. The maximum absolute atomic E-state index is 8.76. The van der Waals surface area contributed by atoms with E-state index in [2.05, 4.69) is 0 Å². The van der Waals surface area contributed by atoms with E-state index in [9.17, 15) is 0 Å². The maximum atomic E-state index is 8.76. The summed E-state index contributed by atoms with van der Waals surface area (Å²) in [4.78, 5) is 0. The van der Waals surface area contributed by atoms with Crippen molar-refractivity contribution in [2.45, 2.75) is 6.92 Å². The molecule has 4 nitrogen and oxygen atoms in total. The summed E-state index contributed by atoms with van der Waals surface area (Å²) in [5, 5.41) is 18.3. The fraction of sp³-hybridized carbons (Fsp3) is 0.250. The molecular weight excluding hydrogens is 184 g/mol. The number of rotatable bonds is 0. The summed E-state index contributed by atoms with van der Waals surface area (Å²) in [7, 11) is 0. The number of thioether (sulfide) groups is 1. The van der Waals surface area contributed by atoms with E-state index in [0.717, 1.165) is 11.8 Å². The molecule has 0 fully saturated rings. The Morgan fingerprint density at radius 3 is 1.85 bits per heavy atom. The Balaban J connectivity index is 3.17. The van der Waals surface area contributed by atoms with E-state index in [1.807, 2.05) is 12.1 Å². The van der Waals surface area contributed by atoms with Crippen molar-refractivity contribution in [3.63, 3.8) is 0 Å². The quantitative estimate of drug-likeness (QED) is 0.590. The first-order chi connectivity index (χ1) is 6.11. The van der Waals surface area contributed by atoms with Crippen LogP contribution in [0.4, 0.5) is 0 Å². The number of hydrogen-bond acceptors (Lipinski definition) is 5. The van der Waals surface area contributed by atoms with Crippen LogP contribution >= 0.6 is 11.8 Å². The van der Waals surface area contributed by atoms with Gasteiger partial charge in [-0.25, -0.2) is 0 Å². The van der Waals surface area contributed by atoms with Crippen molar-refractivity contribution >= 4 is 11.8 Å². The van der Waals surface area contributed by atoms with Crippen LogP contribution in [-0.4, -0.2) is 0 Å². The largest absolute Gasteiger partial charge is 0.392 e. The van der Waals surface area contributed by atoms with E-state index in [1.165, 1.54) is 0 Å². The standard InChI is InChI=1S/C8H8N4S/c1-4-5(2-9)7(11)13-8(12)6(4)3-10/h4H,11-12H2,1H3. The van der Waals surface area contributed by atoms with Crippen LogP contribution in [0.5, 0.6) is 0 Å². The van der Waals surface area contributed by atoms with Gasteiger partial charge in [0.15, 0.2) is 0 Å². The van der Waals surface area contributed by atoms with Crippen LogP contribution in [0.3, 0.4) is 0 Å². The van der Waals surface area contributed by atoms with Crippen molar-refractivity contribution in [3.8, 4) is 12.1 Å². The molecule has 0 aromatic heterocycles. The molecule has 4 N–H and O–H groups in total. The van der Waals surface area contributed by atoms with Gasteiger partial charge in [-0.05, 0) is 0 Å². The lowest BCUT2D eigenvalue weighted by molar-refractivity contribution is 0.837. The van der Waals surface area contributed by atoms with Crippen LogP contribution in [0, 0.1) is 28.6 Å². The van der Waals surface area contributed by atoms with Crippen LogP contribution in [-0.2, 0) is 0 Å². The van der Waals surface area contributed by atoms with Crippen molar-refractivity contribution < 1.29 is 0 Å². The van der Waals surface area contributed by atoms with E-state index in [1.54, 1.807) is 6.92 Å². The highest BCUT2D eigenvalue weighted by molar-refractivity contribution is 8.06. The molecule has 0 aromatic rings. The van der Waals surface area contributed by atoms with Gasteiger partial charge in [-0.1, -0.05) is 18.7 Å². The van der Waals surface area contributed by atoms with Gasteiger partial charge in [0.2, 0.25) is 0 Å². The second-order valence-electron chi connectivity index (χ2n) is 2.60. The topological polar surface area (TPSA) is 99.6 Å². The molecule has 0 amide bonds. The normalized spacial score (nSPS) is 18.4. The first-order valence-corrected chi connectivity index (χ1v) is 4.40. The van der Waals surface area contributed by atoms with Crippen molar-refractivity contribution in [2.75, 3.05) is 0 Å². The zero-order chi connectivity index (χ0) is 10.0. The molecule has 0 bridgehead atoms. The van der Waals surface area contributed by atoms with Crippen molar-refractivity contribution in [1.82, 2.24) is 0 Å². The fourth-order valence-electron chi connectivity index (χ4n) is 1.10. The summed E-state index contributed by atoms with van der Waals surface area (Å²) in [6.45, 7) is 1.75. The molecule has 66 valence electrons. The maximum Gasteiger partial charge on any atom is 0.0981 e. The van der Waals surface area contributed by atoms with E-state index in [-0.39, 0.29) is 5.92 Å². The first kappa shape index (κ1) is 9.50. The average molecular weight is 192 g/mol. The van der Waals surface area contributed by atoms with Crippen LogP contribution < -0.4 is 11.5 Å². The Morgan fingerprint density at radius 1 is 1.15 bits per heavy atom. The lowest BCUT2D eigenvalue weighted by Gasteiger charge is -2.19. The van der Waals surface area contributed by atoms with Crippen molar-refractivity contribution in [2.24, 2.45) is 17.4 Å². The minimum atomic E-state index is -0.281. The highest BCUT2D eigenvalue weighted by Gasteiger charge is 2.25. The number of nitriles is 2. The number of nitrogens with two attached hydrogens (primary N) is 2. The molecule has 1 heterocycles. The summed E-state index contributed by atoms with van der Waals surface area (Å²) in [5.74, 6) is -0.281. The van der Waals surface area contributed by atoms with Gasteiger partial charge in [0.25, 0.3) is 0 Å². The number of nitrogens with zero attached hydrogens (tertiary/aromatic N) is 2. The Kier molecular flexibility index (Phi) is 2.50. The van der Waals surface area contributed by atoms with E-state index < -0.39 is 0 Å². The molecule has 13 heavy (non-hydrogen) atoms. The third-order valence-electron chi connectivity index (χ3n) is 1.86. The SMILES string of the molecule is CC1C(C#N)=C(N)SC(N)=C1C#N. The Hall–Kier alpha value is -1.59. The van der Waals surface area contributed by atoms with E-state index >= 15 is 0 Å². The summed E-state index contributed by atoms with van der Waals surface area (Å²) >= 11 is 1.08. The van der Waals surface area contributed by atoms with Gasteiger partial charge in [-0.2, -0.15) is 10.5 Å². The van der Waals surface area contributed by atoms with Crippen LogP contribution in [0.2, 0.25) is 0 Å². The lowest BCUT2D eigenvalue weighted by atomic mass is 9.95. The summed E-state index contributed by atoms with van der Waals surface area (Å²) < 4.78 is 0. The molecule has 1 rings (SSSR count).